The van der Waals surface area contributed by atoms with E-state index in [4.69, 9.17) is 26.1 Å². The van der Waals surface area contributed by atoms with Gasteiger partial charge in [-0.1, -0.05) is 66.2 Å². The fourth-order valence-corrected chi connectivity index (χ4v) is 4.12. The van der Waals surface area contributed by atoms with E-state index in [2.05, 4.69) is 5.32 Å². The fraction of sp³-hybridized carbons (Fsp3) is 0.0645. The van der Waals surface area contributed by atoms with Crippen molar-refractivity contribution in [3.8, 4) is 17.0 Å². The quantitative estimate of drug-likeness (QED) is 0.224. The Hall–Kier alpha value is -4.68. The van der Waals surface area contributed by atoms with Gasteiger partial charge in [0.1, 0.15) is 12.4 Å². The fourth-order valence-electron chi connectivity index (χ4n) is 3.93. The first-order valence-corrected chi connectivity index (χ1v) is 12.3. The number of rotatable bonds is 8. The van der Waals surface area contributed by atoms with Gasteiger partial charge >= 0.3 is 5.97 Å². The molecule has 6 nitrogen and oxygen atoms in total. The van der Waals surface area contributed by atoms with Crippen molar-refractivity contribution >= 4 is 40.1 Å². The largest absolute Gasteiger partial charge is 0.489 e. The van der Waals surface area contributed by atoms with Gasteiger partial charge in [-0.15, -0.1) is 0 Å². The number of carbonyl (C=O) groups excluding carboxylic acids is 2. The third kappa shape index (κ3) is 6.17. The van der Waals surface area contributed by atoms with Gasteiger partial charge in [-0.25, -0.2) is 9.78 Å². The number of fused-ring (bicyclic) bond motifs is 1. The first-order chi connectivity index (χ1) is 18.5. The molecule has 7 heteroatoms. The Morgan fingerprint density at radius 1 is 0.816 bits per heavy atom. The summed E-state index contributed by atoms with van der Waals surface area (Å²) in [7, 11) is 0. The van der Waals surface area contributed by atoms with Gasteiger partial charge < -0.3 is 14.8 Å². The molecule has 0 radical (unpaired) electrons. The molecule has 1 aromatic heterocycles. The summed E-state index contributed by atoms with van der Waals surface area (Å²) >= 11 is 5.96. The monoisotopic (exact) mass is 522 g/mol. The second kappa shape index (κ2) is 11.6. The van der Waals surface area contributed by atoms with Crippen LogP contribution in [0.2, 0.25) is 5.02 Å². The minimum atomic E-state index is -0.617. The van der Waals surface area contributed by atoms with E-state index in [-0.39, 0.29) is 0 Å². The SMILES string of the molecule is O=C(COC(=O)c1cc(-c2ccc(OCc3ccccc3)cc2)nc2ccccc12)Nc1cccc(Cl)c1. The maximum atomic E-state index is 13.1. The highest BCUT2D eigenvalue weighted by Crippen LogP contribution is 2.27. The van der Waals surface area contributed by atoms with E-state index < -0.39 is 18.5 Å². The second-order valence-electron chi connectivity index (χ2n) is 8.51. The first-order valence-electron chi connectivity index (χ1n) is 11.9. The number of carbonyl (C=O) groups is 2. The third-order valence-corrected chi connectivity index (χ3v) is 6.01. The van der Waals surface area contributed by atoms with Gasteiger partial charge in [0.25, 0.3) is 5.91 Å². The summed E-state index contributed by atoms with van der Waals surface area (Å²) in [4.78, 5) is 30.1. The minimum absolute atomic E-state index is 0.325. The Balaban J connectivity index is 1.31. The lowest BCUT2D eigenvalue weighted by Crippen LogP contribution is -2.21. The van der Waals surface area contributed by atoms with Crippen molar-refractivity contribution < 1.29 is 19.1 Å². The van der Waals surface area contributed by atoms with Gasteiger partial charge in [0.05, 0.1) is 16.8 Å². The van der Waals surface area contributed by atoms with E-state index in [0.717, 1.165) is 16.9 Å². The zero-order valence-corrected chi connectivity index (χ0v) is 21.0. The van der Waals surface area contributed by atoms with Crippen LogP contribution in [-0.2, 0) is 16.1 Å². The van der Waals surface area contributed by atoms with E-state index in [1.54, 1.807) is 36.4 Å². The van der Waals surface area contributed by atoms with E-state index in [1.165, 1.54) is 0 Å². The molecule has 0 aliphatic carbocycles. The number of aromatic nitrogens is 1. The summed E-state index contributed by atoms with van der Waals surface area (Å²) in [6, 6.07) is 33.2. The maximum Gasteiger partial charge on any atom is 0.339 e. The first kappa shape index (κ1) is 25.0. The van der Waals surface area contributed by atoms with Gasteiger partial charge in [0.2, 0.25) is 0 Å². The molecule has 0 bridgehead atoms. The highest BCUT2D eigenvalue weighted by molar-refractivity contribution is 6.30. The summed E-state index contributed by atoms with van der Waals surface area (Å²) in [6.07, 6.45) is 0. The van der Waals surface area contributed by atoms with Gasteiger partial charge in [-0.2, -0.15) is 0 Å². The molecule has 0 saturated carbocycles. The van der Waals surface area contributed by atoms with E-state index in [9.17, 15) is 9.59 Å². The Labute approximate surface area is 224 Å². The van der Waals surface area contributed by atoms with Crippen LogP contribution >= 0.6 is 11.6 Å². The molecule has 0 aliphatic rings. The highest BCUT2D eigenvalue weighted by Gasteiger charge is 2.17. The number of ether oxygens (including phenoxy) is 2. The molecule has 0 saturated heterocycles. The molecular weight excluding hydrogens is 500 g/mol. The van der Waals surface area contributed by atoms with Crippen molar-refractivity contribution in [2.75, 3.05) is 11.9 Å². The maximum absolute atomic E-state index is 13.1. The van der Waals surface area contributed by atoms with Crippen LogP contribution in [0.1, 0.15) is 15.9 Å². The van der Waals surface area contributed by atoms with Crippen LogP contribution in [-0.4, -0.2) is 23.5 Å². The molecule has 188 valence electrons. The lowest BCUT2D eigenvalue weighted by molar-refractivity contribution is -0.119. The number of esters is 1. The molecule has 5 aromatic rings. The number of halogens is 1. The van der Waals surface area contributed by atoms with Crippen molar-refractivity contribution in [1.29, 1.82) is 0 Å². The molecule has 0 aliphatic heterocycles. The van der Waals surface area contributed by atoms with Crippen LogP contribution in [0.15, 0.2) is 109 Å². The third-order valence-electron chi connectivity index (χ3n) is 5.78. The minimum Gasteiger partial charge on any atom is -0.489 e. The molecule has 1 amide bonds. The van der Waals surface area contributed by atoms with Crippen molar-refractivity contribution in [2.45, 2.75) is 6.61 Å². The standard InChI is InChI=1S/C31H23ClN2O4/c32-23-9-6-10-24(17-23)33-30(35)20-38-31(36)27-18-29(34-28-12-5-4-11-26(27)28)22-13-15-25(16-14-22)37-19-21-7-2-1-3-8-21/h1-18H,19-20H2,(H,33,35). The van der Waals surface area contributed by atoms with Crippen molar-refractivity contribution in [1.82, 2.24) is 4.98 Å². The Bertz CT molecular complexity index is 1590. The van der Waals surface area contributed by atoms with Crippen LogP contribution in [0.5, 0.6) is 5.75 Å². The summed E-state index contributed by atoms with van der Waals surface area (Å²) in [5.41, 5.74) is 3.99. The van der Waals surface area contributed by atoms with Gasteiger partial charge in [-0.05, 0) is 60.2 Å². The molecule has 1 N–H and O–H groups in total. The van der Waals surface area contributed by atoms with E-state index in [1.807, 2.05) is 72.8 Å². The van der Waals surface area contributed by atoms with Crippen molar-refractivity contribution in [3.63, 3.8) is 0 Å². The van der Waals surface area contributed by atoms with Crippen molar-refractivity contribution in [3.05, 3.63) is 125 Å². The average Bonchev–Trinajstić information content (AvgIpc) is 2.95. The summed E-state index contributed by atoms with van der Waals surface area (Å²) in [5, 5.41) is 3.80. The smallest absolute Gasteiger partial charge is 0.339 e. The number of amides is 1. The molecule has 38 heavy (non-hydrogen) atoms. The van der Waals surface area contributed by atoms with Crippen LogP contribution < -0.4 is 10.1 Å². The number of hydrogen-bond donors (Lipinski definition) is 1. The topological polar surface area (TPSA) is 77.5 Å². The average molecular weight is 523 g/mol. The van der Waals surface area contributed by atoms with Gasteiger partial charge in [0.15, 0.2) is 6.61 Å². The number of anilines is 1. The lowest BCUT2D eigenvalue weighted by atomic mass is 10.0. The van der Waals surface area contributed by atoms with E-state index >= 15 is 0 Å². The van der Waals surface area contributed by atoms with Gasteiger partial charge in [-0.3, -0.25) is 4.79 Å². The number of para-hydroxylation sites is 1. The zero-order valence-electron chi connectivity index (χ0n) is 20.3. The Morgan fingerprint density at radius 2 is 1.58 bits per heavy atom. The number of benzene rings is 4. The van der Waals surface area contributed by atoms with Crippen LogP contribution in [0, 0.1) is 0 Å². The van der Waals surface area contributed by atoms with Crippen LogP contribution in [0.4, 0.5) is 5.69 Å². The van der Waals surface area contributed by atoms with Crippen LogP contribution in [0.3, 0.4) is 0 Å². The summed E-state index contributed by atoms with van der Waals surface area (Å²) in [5.74, 6) is -0.358. The van der Waals surface area contributed by atoms with Gasteiger partial charge in [0, 0.05) is 21.7 Å². The Kier molecular flexibility index (Phi) is 7.62. The molecule has 0 unspecified atom stereocenters. The predicted molar refractivity (Wildman–Crippen MR) is 148 cm³/mol. The lowest BCUT2D eigenvalue weighted by Gasteiger charge is -2.11. The number of nitrogens with one attached hydrogen (secondary N) is 1. The van der Waals surface area contributed by atoms with E-state index in [0.29, 0.717) is 39.5 Å². The molecule has 0 spiro atoms. The molecule has 0 atom stereocenters. The molecular formula is C31H23ClN2O4. The summed E-state index contributed by atoms with van der Waals surface area (Å²) < 4.78 is 11.2. The number of pyridine rings is 1. The molecule has 1 heterocycles. The van der Waals surface area contributed by atoms with Crippen LogP contribution in [0.25, 0.3) is 22.2 Å². The highest BCUT2D eigenvalue weighted by atomic mass is 35.5. The number of hydrogen-bond acceptors (Lipinski definition) is 5. The number of nitrogens with zero attached hydrogens (tertiary/aromatic N) is 1. The Morgan fingerprint density at radius 3 is 2.37 bits per heavy atom. The van der Waals surface area contributed by atoms with Crippen molar-refractivity contribution in [2.24, 2.45) is 0 Å². The predicted octanol–water partition coefficient (Wildman–Crippen LogP) is 6.93. The molecule has 4 aromatic carbocycles. The zero-order chi connectivity index (χ0) is 26.3. The molecule has 5 rings (SSSR count). The normalized spacial score (nSPS) is 10.7. The summed E-state index contributed by atoms with van der Waals surface area (Å²) in [6.45, 7) is 0.0278. The second-order valence-corrected chi connectivity index (χ2v) is 8.94. The molecule has 0 fully saturated rings.